The average molecular weight is 250 g/mol. The molecule has 0 aliphatic heterocycles. The summed E-state index contributed by atoms with van der Waals surface area (Å²) in [4.78, 5) is 17.2. The molecule has 3 rings (SSSR count). The number of hydrogen-bond acceptors (Lipinski definition) is 3. The molecule has 4 nitrogen and oxygen atoms in total. The van der Waals surface area contributed by atoms with Gasteiger partial charge in [-0.1, -0.05) is 13.8 Å². The van der Waals surface area contributed by atoms with Gasteiger partial charge in [-0.15, -0.1) is 11.3 Å². The molecule has 0 unspecified atom stereocenters. The van der Waals surface area contributed by atoms with Crippen molar-refractivity contribution in [2.75, 3.05) is 0 Å². The van der Waals surface area contributed by atoms with Gasteiger partial charge in [0.2, 0.25) is 0 Å². The average Bonchev–Trinajstić information content (AvgIpc) is 2.76. The first-order chi connectivity index (χ1) is 7.99. The summed E-state index contributed by atoms with van der Waals surface area (Å²) in [5, 5.41) is 8.94. The summed E-state index contributed by atoms with van der Waals surface area (Å²) in [6, 6.07) is 0. The Balaban J connectivity index is 2.23. The van der Waals surface area contributed by atoms with Gasteiger partial charge >= 0.3 is 5.97 Å². The fraction of sp³-hybridized carbons (Fsp3) is 0.500. The van der Waals surface area contributed by atoms with Crippen LogP contribution in [0.2, 0.25) is 0 Å². The molecule has 1 N–H and O–H groups in total. The highest BCUT2D eigenvalue weighted by molar-refractivity contribution is 7.17. The van der Waals surface area contributed by atoms with Gasteiger partial charge in [-0.2, -0.15) is 0 Å². The normalized spacial score (nSPS) is 18.2. The number of fused-ring (bicyclic) bond motifs is 3. The number of carbonyl (C=O) groups is 1. The van der Waals surface area contributed by atoms with Crippen LogP contribution in [0.5, 0.6) is 0 Å². The number of nitrogens with zero attached hydrogens (tertiary/aromatic N) is 2. The number of aromatic nitrogens is 2. The molecule has 0 amide bonds. The van der Waals surface area contributed by atoms with Gasteiger partial charge < -0.3 is 5.11 Å². The number of carboxylic acid groups (broad SMARTS) is 1. The molecule has 0 aromatic carbocycles. The van der Waals surface area contributed by atoms with E-state index in [0.29, 0.717) is 0 Å². The van der Waals surface area contributed by atoms with E-state index in [0.717, 1.165) is 17.8 Å². The van der Waals surface area contributed by atoms with E-state index >= 15 is 0 Å². The van der Waals surface area contributed by atoms with Crippen LogP contribution in [0.15, 0.2) is 6.20 Å². The third-order valence-electron chi connectivity index (χ3n) is 3.47. The maximum absolute atomic E-state index is 10.9. The standard InChI is InChI=1S/C12H14N2O2S/c1-12(2)5-3-4-8-9(12)17-11-13-7(10(15)16)6-14(8)11/h6H,3-5H2,1-2H3,(H,15,16). The highest BCUT2D eigenvalue weighted by Crippen LogP contribution is 2.41. The molecule has 0 spiro atoms. The predicted octanol–water partition coefficient (Wildman–Crippen LogP) is 2.71. The second-order valence-corrected chi connectivity index (χ2v) is 6.18. The summed E-state index contributed by atoms with van der Waals surface area (Å²) in [5.41, 5.74) is 1.59. The Morgan fingerprint density at radius 3 is 3.06 bits per heavy atom. The summed E-state index contributed by atoms with van der Waals surface area (Å²) in [6.07, 6.45) is 5.02. The van der Waals surface area contributed by atoms with Crippen molar-refractivity contribution in [3.05, 3.63) is 22.5 Å². The van der Waals surface area contributed by atoms with E-state index in [1.807, 2.05) is 4.40 Å². The lowest BCUT2D eigenvalue weighted by Gasteiger charge is -2.28. The second-order valence-electron chi connectivity index (χ2n) is 5.20. The number of carboxylic acids is 1. The van der Waals surface area contributed by atoms with E-state index in [-0.39, 0.29) is 11.1 Å². The maximum atomic E-state index is 10.9. The Hall–Kier alpha value is -1.36. The molecule has 2 aromatic rings. The van der Waals surface area contributed by atoms with Gasteiger partial charge in [0.15, 0.2) is 10.7 Å². The third-order valence-corrected chi connectivity index (χ3v) is 4.93. The Kier molecular flexibility index (Phi) is 2.10. The Morgan fingerprint density at radius 2 is 2.35 bits per heavy atom. The minimum Gasteiger partial charge on any atom is -0.476 e. The monoisotopic (exact) mass is 250 g/mol. The van der Waals surface area contributed by atoms with Crippen molar-refractivity contribution in [3.8, 4) is 0 Å². The minimum absolute atomic E-state index is 0.141. The third kappa shape index (κ3) is 1.49. The summed E-state index contributed by atoms with van der Waals surface area (Å²) >= 11 is 1.63. The summed E-state index contributed by atoms with van der Waals surface area (Å²) in [5.74, 6) is -0.954. The molecule has 90 valence electrons. The summed E-state index contributed by atoms with van der Waals surface area (Å²) in [6.45, 7) is 4.50. The molecule has 0 bridgehead atoms. The van der Waals surface area contributed by atoms with Gasteiger partial charge in [0.25, 0.3) is 0 Å². The van der Waals surface area contributed by atoms with Crippen molar-refractivity contribution in [1.29, 1.82) is 0 Å². The molecule has 0 fully saturated rings. The van der Waals surface area contributed by atoms with Gasteiger partial charge in [0.05, 0.1) is 0 Å². The number of rotatable bonds is 1. The lowest BCUT2D eigenvalue weighted by molar-refractivity contribution is 0.0691. The Labute approximate surface area is 103 Å². The number of aromatic carboxylic acids is 1. The highest BCUT2D eigenvalue weighted by atomic mass is 32.1. The predicted molar refractivity (Wildman–Crippen MR) is 66.0 cm³/mol. The van der Waals surface area contributed by atoms with Crippen LogP contribution in [0, 0.1) is 0 Å². The van der Waals surface area contributed by atoms with Crippen LogP contribution < -0.4 is 0 Å². The van der Waals surface area contributed by atoms with Crippen LogP contribution in [-0.2, 0) is 11.8 Å². The van der Waals surface area contributed by atoms with Gasteiger partial charge in [-0.05, 0) is 19.3 Å². The van der Waals surface area contributed by atoms with Crippen LogP contribution in [0.1, 0.15) is 47.7 Å². The topological polar surface area (TPSA) is 54.6 Å². The second kappa shape index (κ2) is 3.32. The number of thiazole rings is 1. The molecular weight excluding hydrogens is 236 g/mol. The van der Waals surface area contributed by atoms with Crippen molar-refractivity contribution in [3.63, 3.8) is 0 Å². The first-order valence-corrected chi connectivity index (χ1v) is 6.55. The van der Waals surface area contributed by atoms with Crippen LogP contribution in [0.4, 0.5) is 0 Å². The van der Waals surface area contributed by atoms with Gasteiger partial charge in [-0.3, -0.25) is 4.40 Å². The Bertz CT molecular complexity index is 609. The lowest BCUT2D eigenvalue weighted by Crippen LogP contribution is -2.22. The van der Waals surface area contributed by atoms with Crippen molar-refractivity contribution < 1.29 is 9.90 Å². The SMILES string of the molecule is CC1(C)CCCc2c1sc1nc(C(=O)O)cn21. The number of aryl methyl sites for hydroxylation is 1. The molecule has 0 saturated heterocycles. The zero-order valence-electron chi connectivity index (χ0n) is 9.86. The first-order valence-electron chi connectivity index (χ1n) is 5.73. The van der Waals surface area contributed by atoms with Crippen molar-refractivity contribution in [2.24, 2.45) is 0 Å². The highest BCUT2D eigenvalue weighted by Gasteiger charge is 2.32. The summed E-state index contributed by atoms with van der Waals surface area (Å²) in [7, 11) is 0. The molecule has 5 heteroatoms. The van der Waals surface area contributed by atoms with Crippen molar-refractivity contribution in [2.45, 2.75) is 38.5 Å². The van der Waals surface area contributed by atoms with E-state index in [2.05, 4.69) is 18.8 Å². The van der Waals surface area contributed by atoms with E-state index in [9.17, 15) is 4.79 Å². The van der Waals surface area contributed by atoms with E-state index in [1.165, 1.54) is 17.0 Å². The fourth-order valence-electron chi connectivity index (χ4n) is 2.57. The van der Waals surface area contributed by atoms with E-state index < -0.39 is 5.97 Å². The van der Waals surface area contributed by atoms with Crippen LogP contribution >= 0.6 is 11.3 Å². The van der Waals surface area contributed by atoms with Crippen molar-refractivity contribution in [1.82, 2.24) is 9.38 Å². The maximum Gasteiger partial charge on any atom is 0.356 e. The molecule has 2 aromatic heterocycles. The molecule has 0 atom stereocenters. The Morgan fingerprint density at radius 1 is 1.59 bits per heavy atom. The molecule has 17 heavy (non-hydrogen) atoms. The fourth-order valence-corrected chi connectivity index (χ4v) is 3.85. The summed E-state index contributed by atoms with van der Waals surface area (Å²) < 4.78 is 1.96. The first kappa shape index (κ1) is 10.8. The molecule has 1 aliphatic rings. The van der Waals surface area contributed by atoms with Crippen LogP contribution in [0.3, 0.4) is 0 Å². The quantitative estimate of drug-likeness (QED) is 0.846. The number of hydrogen-bond donors (Lipinski definition) is 1. The number of imidazole rings is 1. The van der Waals surface area contributed by atoms with E-state index in [1.54, 1.807) is 17.5 Å². The lowest BCUT2D eigenvalue weighted by atomic mass is 9.80. The van der Waals surface area contributed by atoms with Crippen LogP contribution in [-0.4, -0.2) is 20.5 Å². The van der Waals surface area contributed by atoms with Crippen molar-refractivity contribution >= 4 is 22.3 Å². The molecule has 0 saturated carbocycles. The molecule has 2 heterocycles. The minimum atomic E-state index is -0.954. The zero-order chi connectivity index (χ0) is 12.2. The smallest absolute Gasteiger partial charge is 0.356 e. The van der Waals surface area contributed by atoms with Gasteiger partial charge in [0, 0.05) is 22.2 Å². The molecule has 1 aliphatic carbocycles. The van der Waals surface area contributed by atoms with E-state index in [4.69, 9.17) is 5.11 Å². The molecule has 0 radical (unpaired) electrons. The zero-order valence-corrected chi connectivity index (χ0v) is 10.7. The van der Waals surface area contributed by atoms with Gasteiger partial charge in [-0.25, -0.2) is 9.78 Å². The largest absolute Gasteiger partial charge is 0.476 e. The molecular formula is C12H14N2O2S. The van der Waals surface area contributed by atoms with Gasteiger partial charge in [0.1, 0.15) is 0 Å². The van der Waals surface area contributed by atoms with Crippen LogP contribution in [0.25, 0.3) is 4.96 Å².